The van der Waals surface area contributed by atoms with Crippen LogP contribution in [0.15, 0.2) is 15.9 Å². The Labute approximate surface area is 129 Å². The van der Waals surface area contributed by atoms with E-state index in [4.69, 9.17) is 0 Å². The maximum absolute atomic E-state index is 3.73. The summed E-state index contributed by atoms with van der Waals surface area (Å²) in [6.45, 7) is 5.74. The fourth-order valence-corrected chi connectivity index (χ4v) is 5.89. The van der Waals surface area contributed by atoms with Crippen molar-refractivity contribution in [2.24, 2.45) is 17.3 Å². The van der Waals surface area contributed by atoms with Crippen LogP contribution in [-0.2, 0) is 6.42 Å². The van der Waals surface area contributed by atoms with Crippen molar-refractivity contribution in [3.8, 4) is 0 Å². The summed E-state index contributed by atoms with van der Waals surface area (Å²) in [7, 11) is 0. The molecule has 0 aromatic carbocycles. The monoisotopic (exact) mass is 341 g/mol. The fourth-order valence-electron chi connectivity index (χ4n) is 4.25. The molecule has 3 rings (SSSR count). The predicted molar refractivity (Wildman–Crippen MR) is 86.7 cm³/mol. The molecule has 0 aliphatic heterocycles. The number of hydrogen-bond donors (Lipinski definition) is 1. The van der Waals surface area contributed by atoms with Crippen LogP contribution in [0, 0.1) is 17.3 Å². The number of hydrogen-bond acceptors (Lipinski definition) is 2. The summed E-state index contributed by atoms with van der Waals surface area (Å²) in [4.78, 5) is 1.56. The summed E-state index contributed by atoms with van der Waals surface area (Å²) in [5, 5.41) is 3.73. The Morgan fingerprint density at radius 1 is 1.42 bits per heavy atom. The third-order valence-electron chi connectivity index (χ3n) is 5.12. The molecule has 0 saturated heterocycles. The van der Waals surface area contributed by atoms with Crippen LogP contribution >= 0.6 is 27.3 Å². The fraction of sp³-hybridized carbons (Fsp3) is 0.750. The van der Waals surface area contributed by atoms with Crippen molar-refractivity contribution in [2.75, 3.05) is 6.54 Å². The molecule has 19 heavy (non-hydrogen) atoms. The molecule has 106 valence electrons. The summed E-state index contributed by atoms with van der Waals surface area (Å²) in [5.41, 5.74) is 0.539. The van der Waals surface area contributed by atoms with Gasteiger partial charge in [0.05, 0.1) is 3.79 Å². The molecule has 1 aromatic heterocycles. The lowest BCUT2D eigenvalue weighted by Gasteiger charge is -2.38. The zero-order valence-corrected chi connectivity index (χ0v) is 14.3. The smallest absolute Gasteiger partial charge is 0.0701 e. The molecule has 2 fully saturated rings. The Morgan fingerprint density at radius 2 is 2.26 bits per heavy atom. The van der Waals surface area contributed by atoms with E-state index in [2.05, 4.69) is 47.2 Å². The average molecular weight is 342 g/mol. The number of rotatable bonds is 5. The molecule has 1 nitrogen and oxygen atoms in total. The first-order chi connectivity index (χ1) is 9.07. The van der Waals surface area contributed by atoms with E-state index in [0.29, 0.717) is 11.5 Å². The standard InChI is InChI=1S/C16H24BrNS/c1-11(2)18-10-16(8-12-3-4-13(16)7-12)9-14-5-6-15(17)19-14/h5-6,11-13,18H,3-4,7-10H2,1-2H3. The third kappa shape index (κ3) is 2.93. The van der Waals surface area contributed by atoms with Crippen LogP contribution in [0.1, 0.15) is 44.4 Å². The van der Waals surface area contributed by atoms with Gasteiger partial charge in [-0.3, -0.25) is 0 Å². The molecule has 1 N–H and O–H groups in total. The van der Waals surface area contributed by atoms with Gasteiger partial charge in [-0.05, 0) is 71.0 Å². The van der Waals surface area contributed by atoms with Crippen molar-refractivity contribution in [3.05, 3.63) is 20.8 Å². The van der Waals surface area contributed by atoms with Gasteiger partial charge in [0.25, 0.3) is 0 Å². The molecule has 0 amide bonds. The Hall–Kier alpha value is 0.140. The normalized spacial score (nSPS) is 33.5. The van der Waals surface area contributed by atoms with Gasteiger partial charge < -0.3 is 5.32 Å². The lowest BCUT2D eigenvalue weighted by molar-refractivity contribution is 0.153. The van der Waals surface area contributed by atoms with Crippen molar-refractivity contribution >= 4 is 27.3 Å². The number of halogens is 1. The second-order valence-corrected chi connectivity index (χ2v) is 9.41. The van der Waals surface area contributed by atoms with Gasteiger partial charge in [0.2, 0.25) is 0 Å². The Morgan fingerprint density at radius 3 is 2.79 bits per heavy atom. The van der Waals surface area contributed by atoms with Crippen molar-refractivity contribution in [1.82, 2.24) is 5.32 Å². The molecule has 2 bridgehead atoms. The molecule has 3 heteroatoms. The minimum Gasteiger partial charge on any atom is -0.314 e. The highest BCUT2D eigenvalue weighted by atomic mass is 79.9. The number of thiophene rings is 1. The lowest BCUT2D eigenvalue weighted by Crippen LogP contribution is -2.42. The van der Waals surface area contributed by atoms with Crippen LogP contribution in [0.4, 0.5) is 0 Å². The Bertz CT molecular complexity index is 442. The van der Waals surface area contributed by atoms with Crippen LogP contribution in [0.3, 0.4) is 0 Å². The third-order valence-corrected chi connectivity index (χ3v) is 6.74. The van der Waals surface area contributed by atoms with Crippen molar-refractivity contribution in [3.63, 3.8) is 0 Å². The topological polar surface area (TPSA) is 12.0 Å². The highest BCUT2D eigenvalue weighted by Crippen LogP contribution is 2.57. The SMILES string of the molecule is CC(C)NCC1(Cc2ccc(Br)s2)CC2CCC1C2. The zero-order valence-electron chi connectivity index (χ0n) is 11.9. The summed E-state index contributed by atoms with van der Waals surface area (Å²) in [6.07, 6.45) is 7.18. The number of fused-ring (bicyclic) bond motifs is 2. The van der Waals surface area contributed by atoms with Crippen LogP contribution in [-0.4, -0.2) is 12.6 Å². The molecule has 0 spiro atoms. The van der Waals surface area contributed by atoms with E-state index in [9.17, 15) is 0 Å². The van der Waals surface area contributed by atoms with Crippen molar-refractivity contribution in [2.45, 2.75) is 52.0 Å². The molecule has 1 heterocycles. The van der Waals surface area contributed by atoms with E-state index in [1.165, 1.54) is 42.4 Å². The van der Waals surface area contributed by atoms with E-state index < -0.39 is 0 Å². The molecule has 2 aliphatic carbocycles. The van der Waals surface area contributed by atoms with Gasteiger partial charge in [0.15, 0.2) is 0 Å². The Kier molecular flexibility index (Phi) is 4.08. The molecule has 0 radical (unpaired) electrons. The highest BCUT2D eigenvalue weighted by molar-refractivity contribution is 9.11. The van der Waals surface area contributed by atoms with Gasteiger partial charge in [-0.2, -0.15) is 0 Å². The van der Waals surface area contributed by atoms with Crippen LogP contribution < -0.4 is 5.32 Å². The molecule has 3 atom stereocenters. The minimum atomic E-state index is 0.539. The average Bonchev–Trinajstić information content (AvgIpc) is 3.03. The van der Waals surface area contributed by atoms with E-state index in [1.807, 2.05) is 11.3 Å². The van der Waals surface area contributed by atoms with Crippen LogP contribution in [0.2, 0.25) is 0 Å². The lowest BCUT2D eigenvalue weighted by atomic mass is 9.70. The largest absolute Gasteiger partial charge is 0.314 e. The maximum atomic E-state index is 3.73. The van der Waals surface area contributed by atoms with E-state index >= 15 is 0 Å². The first-order valence-electron chi connectivity index (χ1n) is 7.55. The van der Waals surface area contributed by atoms with Gasteiger partial charge in [-0.15, -0.1) is 11.3 Å². The Balaban J connectivity index is 1.76. The maximum Gasteiger partial charge on any atom is 0.0701 e. The summed E-state index contributed by atoms with van der Waals surface area (Å²) in [5.74, 6) is 1.98. The molecular formula is C16H24BrNS. The molecule has 2 aliphatic rings. The van der Waals surface area contributed by atoms with E-state index in [-0.39, 0.29) is 0 Å². The molecule has 1 aromatic rings. The highest BCUT2D eigenvalue weighted by Gasteiger charge is 2.50. The van der Waals surface area contributed by atoms with E-state index in [0.717, 1.165) is 11.8 Å². The summed E-state index contributed by atoms with van der Waals surface area (Å²) in [6, 6.07) is 5.13. The minimum absolute atomic E-state index is 0.539. The second-order valence-electron chi connectivity index (χ2n) is 6.86. The predicted octanol–water partition coefficient (Wildman–Crippen LogP) is 4.86. The number of nitrogens with one attached hydrogen (secondary N) is 1. The molecule has 3 unspecified atom stereocenters. The van der Waals surface area contributed by atoms with Gasteiger partial charge >= 0.3 is 0 Å². The van der Waals surface area contributed by atoms with Crippen LogP contribution in [0.5, 0.6) is 0 Å². The first-order valence-corrected chi connectivity index (χ1v) is 9.16. The molecular weight excluding hydrogens is 318 g/mol. The quantitative estimate of drug-likeness (QED) is 0.806. The van der Waals surface area contributed by atoms with Gasteiger partial charge in [-0.1, -0.05) is 20.3 Å². The summed E-state index contributed by atoms with van der Waals surface area (Å²) >= 11 is 5.53. The van der Waals surface area contributed by atoms with Crippen molar-refractivity contribution in [1.29, 1.82) is 0 Å². The van der Waals surface area contributed by atoms with E-state index in [1.54, 1.807) is 4.88 Å². The van der Waals surface area contributed by atoms with Gasteiger partial charge in [0, 0.05) is 17.5 Å². The summed E-state index contributed by atoms with van der Waals surface area (Å²) < 4.78 is 1.28. The first kappa shape index (κ1) is 14.1. The second kappa shape index (κ2) is 5.50. The van der Waals surface area contributed by atoms with Crippen molar-refractivity contribution < 1.29 is 0 Å². The molecule has 2 saturated carbocycles. The van der Waals surface area contributed by atoms with Gasteiger partial charge in [0.1, 0.15) is 0 Å². The zero-order chi connectivity index (χ0) is 13.5. The van der Waals surface area contributed by atoms with Crippen LogP contribution in [0.25, 0.3) is 0 Å². The van der Waals surface area contributed by atoms with Gasteiger partial charge in [-0.25, -0.2) is 0 Å².